The van der Waals surface area contributed by atoms with Crippen LogP contribution in [0.1, 0.15) is 24.3 Å². The van der Waals surface area contributed by atoms with Gasteiger partial charge in [-0.25, -0.2) is 0 Å². The van der Waals surface area contributed by atoms with Gasteiger partial charge in [0.25, 0.3) is 0 Å². The van der Waals surface area contributed by atoms with Crippen molar-refractivity contribution in [2.24, 2.45) is 0 Å². The molecule has 0 N–H and O–H groups in total. The maximum absolute atomic E-state index is 5.73. The Bertz CT molecular complexity index is 455. The Balaban J connectivity index is 1.75. The third kappa shape index (κ3) is 2.08. The van der Waals surface area contributed by atoms with Gasteiger partial charge in [-0.2, -0.15) is 0 Å². The van der Waals surface area contributed by atoms with Gasteiger partial charge in [0.2, 0.25) is 0 Å². The zero-order valence-corrected chi connectivity index (χ0v) is 9.10. The highest BCUT2D eigenvalue weighted by atomic mass is 16.5. The maximum atomic E-state index is 5.73. The summed E-state index contributed by atoms with van der Waals surface area (Å²) < 4.78 is 5.73. The Morgan fingerprint density at radius 1 is 0.750 bits per heavy atom. The molecule has 0 amide bonds. The Kier molecular flexibility index (Phi) is 2.37. The van der Waals surface area contributed by atoms with Gasteiger partial charge < -0.3 is 4.74 Å². The fraction of sp³-hybridized carbons (Fsp3) is 0.200. The molecular weight excluding hydrogens is 196 g/mol. The van der Waals surface area contributed by atoms with Gasteiger partial charge in [0.05, 0.1) is 0 Å². The second-order valence-corrected chi connectivity index (χ2v) is 4.26. The Morgan fingerprint density at radius 3 is 2.00 bits per heavy atom. The van der Waals surface area contributed by atoms with E-state index in [1.165, 1.54) is 18.4 Å². The van der Waals surface area contributed by atoms with Crippen molar-refractivity contribution in [1.29, 1.82) is 0 Å². The molecule has 2 aromatic rings. The molecule has 3 rings (SSSR count). The molecule has 0 spiro atoms. The predicted octanol–water partition coefficient (Wildman–Crippen LogP) is 4.36. The van der Waals surface area contributed by atoms with E-state index in [4.69, 9.17) is 4.74 Å². The SMILES string of the molecule is c1ccc(Oc2ccc(C3CC3)cc2)cc1. The van der Waals surface area contributed by atoms with Crippen LogP contribution in [0.2, 0.25) is 0 Å². The lowest BCUT2D eigenvalue weighted by atomic mass is 10.1. The van der Waals surface area contributed by atoms with Crippen molar-refractivity contribution in [3.63, 3.8) is 0 Å². The molecule has 1 saturated carbocycles. The average molecular weight is 210 g/mol. The Labute approximate surface area is 95.7 Å². The van der Waals surface area contributed by atoms with Crippen molar-refractivity contribution in [1.82, 2.24) is 0 Å². The number of hydrogen-bond donors (Lipinski definition) is 0. The molecule has 1 heteroatoms. The first kappa shape index (κ1) is 9.46. The molecule has 80 valence electrons. The second kappa shape index (κ2) is 4.01. The van der Waals surface area contributed by atoms with Gasteiger partial charge >= 0.3 is 0 Å². The molecule has 1 fully saturated rings. The van der Waals surface area contributed by atoms with Gasteiger partial charge in [-0.1, -0.05) is 30.3 Å². The van der Waals surface area contributed by atoms with E-state index in [0.717, 1.165) is 17.4 Å². The van der Waals surface area contributed by atoms with E-state index < -0.39 is 0 Å². The van der Waals surface area contributed by atoms with Crippen molar-refractivity contribution in [2.45, 2.75) is 18.8 Å². The van der Waals surface area contributed by atoms with Gasteiger partial charge in [0, 0.05) is 0 Å². The second-order valence-electron chi connectivity index (χ2n) is 4.26. The summed E-state index contributed by atoms with van der Waals surface area (Å²) in [5, 5.41) is 0. The average Bonchev–Trinajstić information content (AvgIpc) is 3.15. The number of hydrogen-bond acceptors (Lipinski definition) is 1. The molecule has 1 aliphatic carbocycles. The van der Waals surface area contributed by atoms with Crippen LogP contribution in [-0.2, 0) is 0 Å². The van der Waals surface area contributed by atoms with Gasteiger partial charge in [0.1, 0.15) is 11.5 Å². The van der Waals surface area contributed by atoms with Crippen molar-refractivity contribution in [2.75, 3.05) is 0 Å². The van der Waals surface area contributed by atoms with E-state index in [1.54, 1.807) is 0 Å². The molecule has 0 bridgehead atoms. The van der Waals surface area contributed by atoms with E-state index >= 15 is 0 Å². The minimum atomic E-state index is 0.811. The molecule has 0 saturated heterocycles. The number of benzene rings is 2. The van der Waals surface area contributed by atoms with E-state index in [2.05, 4.69) is 24.3 Å². The van der Waals surface area contributed by atoms with Crippen molar-refractivity contribution < 1.29 is 4.74 Å². The molecule has 0 radical (unpaired) electrons. The fourth-order valence-electron chi connectivity index (χ4n) is 1.85. The predicted molar refractivity (Wildman–Crippen MR) is 64.9 cm³/mol. The smallest absolute Gasteiger partial charge is 0.127 e. The van der Waals surface area contributed by atoms with Crippen LogP contribution in [0.5, 0.6) is 11.5 Å². The zero-order chi connectivity index (χ0) is 10.8. The first-order valence-electron chi connectivity index (χ1n) is 5.75. The number of rotatable bonds is 3. The molecule has 1 nitrogen and oxygen atoms in total. The molecule has 0 unspecified atom stereocenters. The standard InChI is InChI=1S/C15H14O/c1-2-4-14(5-3-1)16-15-10-8-13(9-11-15)12-6-7-12/h1-5,8-12H,6-7H2. The lowest BCUT2D eigenvalue weighted by Crippen LogP contribution is -1.84. The highest BCUT2D eigenvalue weighted by Crippen LogP contribution is 2.40. The summed E-state index contributed by atoms with van der Waals surface area (Å²) in [6.45, 7) is 0. The van der Waals surface area contributed by atoms with Gasteiger partial charge in [-0.3, -0.25) is 0 Å². The fourth-order valence-corrected chi connectivity index (χ4v) is 1.85. The van der Waals surface area contributed by atoms with Crippen LogP contribution in [0, 0.1) is 0 Å². The Morgan fingerprint density at radius 2 is 1.38 bits per heavy atom. The van der Waals surface area contributed by atoms with Crippen LogP contribution >= 0.6 is 0 Å². The third-order valence-electron chi connectivity index (χ3n) is 2.91. The van der Waals surface area contributed by atoms with Crippen molar-refractivity contribution >= 4 is 0 Å². The van der Waals surface area contributed by atoms with Crippen LogP contribution in [0.4, 0.5) is 0 Å². The van der Waals surface area contributed by atoms with Crippen molar-refractivity contribution in [3.8, 4) is 11.5 Å². The van der Waals surface area contributed by atoms with Gasteiger partial charge in [-0.05, 0) is 48.6 Å². The first-order valence-corrected chi connectivity index (χ1v) is 5.75. The summed E-state index contributed by atoms with van der Waals surface area (Å²) in [6, 6.07) is 18.3. The topological polar surface area (TPSA) is 9.23 Å². The van der Waals surface area contributed by atoms with Crippen molar-refractivity contribution in [3.05, 3.63) is 60.2 Å². The molecule has 1 aliphatic rings. The summed E-state index contributed by atoms with van der Waals surface area (Å²) in [6.07, 6.45) is 2.69. The monoisotopic (exact) mass is 210 g/mol. The lowest BCUT2D eigenvalue weighted by Gasteiger charge is -2.06. The molecule has 0 aliphatic heterocycles. The minimum Gasteiger partial charge on any atom is -0.457 e. The molecule has 0 atom stereocenters. The quantitative estimate of drug-likeness (QED) is 0.731. The van der Waals surface area contributed by atoms with Crippen LogP contribution < -0.4 is 4.74 Å². The number of para-hydroxylation sites is 1. The summed E-state index contributed by atoms with van der Waals surface area (Å²) in [5.74, 6) is 2.61. The van der Waals surface area contributed by atoms with Gasteiger partial charge in [-0.15, -0.1) is 0 Å². The highest BCUT2D eigenvalue weighted by Gasteiger charge is 2.22. The van der Waals surface area contributed by atoms with Crippen LogP contribution in [0.25, 0.3) is 0 Å². The maximum Gasteiger partial charge on any atom is 0.127 e. The molecular formula is C15H14O. The van der Waals surface area contributed by atoms with Gasteiger partial charge in [0.15, 0.2) is 0 Å². The lowest BCUT2D eigenvalue weighted by molar-refractivity contribution is 0.482. The number of ether oxygens (including phenoxy) is 1. The summed E-state index contributed by atoms with van der Waals surface area (Å²) in [7, 11) is 0. The van der Waals surface area contributed by atoms with E-state index in [9.17, 15) is 0 Å². The third-order valence-corrected chi connectivity index (χ3v) is 2.91. The highest BCUT2D eigenvalue weighted by molar-refractivity contribution is 5.35. The summed E-state index contributed by atoms with van der Waals surface area (Å²) in [5.41, 5.74) is 1.44. The molecule has 0 aromatic heterocycles. The minimum absolute atomic E-state index is 0.811. The summed E-state index contributed by atoms with van der Waals surface area (Å²) in [4.78, 5) is 0. The van der Waals surface area contributed by atoms with E-state index in [-0.39, 0.29) is 0 Å². The van der Waals surface area contributed by atoms with E-state index in [0.29, 0.717) is 0 Å². The van der Waals surface area contributed by atoms with Crippen LogP contribution in [0.15, 0.2) is 54.6 Å². The molecule has 0 heterocycles. The first-order chi connectivity index (χ1) is 7.92. The van der Waals surface area contributed by atoms with Crippen LogP contribution in [0.3, 0.4) is 0 Å². The van der Waals surface area contributed by atoms with E-state index in [1.807, 2.05) is 30.3 Å². The molecule has 2 aromatic carbocycles. The van der Waals surface area contributed by atoms with Crippen LogP contribution in [-0.4, -0.2) is 0 Å². The Hall–Kier alpha value is -1.76. The normalized spacial score (nSPS) is 14.8. The largest absolute Gasteiger partial charge is 0.457 e. The zero-order valence-electron chi connectivity index (χ0n) is 9.10. The summed E-state index contributed by atoms with van der Waals surface area (Å²) >= 11 is 0. The molecule has 16 heavy (non-hydrogen) atoms.